The summed E-state index contributed by atoms with van der Waals surface area (Å²) in [4.78, 5) is 45.1. The van der Waals surface area contributed by atoms with E-state index in [0.29, 0.717) is 24.9 Å². The van der Waals surface area contributed by atoms with E-state index in [-0.39, 0.29) is 12.3 Å². The quantitative estimate of drug-likeness (QED) is 0.514. The Morgan fingerprint density at radius 3 is 2.29 bits per heavy atom. The van der Waals surface area contributed by atoms with Gasteiger partial charge in [-0.3, -0.25) is 9.59 Å². The first-order chi connectivity index (χ1) is 16.2. The van der Waals surface area contributed by atoms with Gasteiger partial charge in [0.05, 0.1) is 11.6 Å². The van der Waals surface area contributed by atoms with Crippen molar-refractivity contribution in [2.45, 2.75) is 63.8 Å². The van der Waals surface area contributed by atoms with Crippen LogP contribution in [0.5, 0.6) is 0 Å². The summed E-state index contributed by atoms with van der Waals surface area (Å²) in [6.07, 6.45) is -0.0878. The van der Waals surface area contributed by atoms with Crippen molar-refractivity contribution in [2.24, 2.45) is 0 Å². The zero-order valence-electron chi connectivity index (χ0n) is 19.9. The van der Waals surface area contributed by atoms with E-state index in [1.54, 1.807) is 30.3 Å². The Labute approximate surface area is 200 Å². The molecule has 0 aliphatic carbocycles. The second-order valence-electron chi connectivity index (χ2n) is 9.54. The van der Waals surface area contributed by atoms with Crippen LogP contribution in [0.15, 0.2) is 60.7 Å². The van der Waals surface area contributed by atoms with Crippen LogP contribution in [0.1, 0.15) is 49.5 Å². The van der Waals surface area contributed by atoms with E-state index in [1.165, 1.54) is 4.90 Å². The molecule has 0 radical (unpaired) electrons. The number of rotatable bonds is 8. The second kappa shape index (κ2) is 11.3. The van der Waals surface area contributed by atoms with Crippen molar-refractivity contribution >= 4 is 17.8 Å². The van der Waals surface area contributed by atoms with Crippen LogP contribution in [0.3, 0.4) is 0 Å². The smallest absolute Gasteiger partial charge is 0.356 e. The molecule has 2 amide bonds. The number of nitrogens with one attached hydrogen (secondary N) is 2. The maximum absolute atomic E-state index is 13.3. The molecule has 1 heterocycles. The van der Waals surface area contributed by atoms with Gasteiger partial charge in [-0.25, -0.2) is 4.79 Å². The molecule has 8 nitrogen and oxygen atoms in total. The molecule has 8 heteroatoms. The van der Waals surface area contributed by atoms with Crippen LogP contribution in [0, 0.1) is 0 Å². The molecule has 3 unspecified atom stereocenters. The van der Waals surface area contributed by atoms with Crippen LogP contribution in [0.2, 0.25) is 0 Å². The number of hydroxylamine groups is 1. The molecule has 34 heavy (non-hydrogen) atoms. The summed E-state index contributed by atoms with van der Waals surface area (Å²) in [6, 6.07) is 16.2. The Bertz CT molecular complexity index is 975. The lowest BCUT2D eigenvalue weighted by Crippen LogP contribution is -2.56. The first-order valence-electron chi connectivity index (χ1n) is 11.5. The molecule has 0 bridgehead atoms. The number of benzene rings is 2. The van der Waals surface area contributed by atoms with Gasteiger partial charge >= 0.3 is 5.97 Å². The summed E-state index contributed by atoms with van der Waals surface area (Å²) in [5.41, 5.74) is 3.36. The summed E-state index contributed by atoms with van der Waals surface area (Å²) >= 11 is 0. The van der Waals surface area contributed by atoms with Crippen molar-refractivity contribution in [3.8, 4) is 0 Å². The fourth-order valence-electron chi connectivity index (χ4n) is 3.95. The van der Waals surface area contributed by atoms with Gasteiger partial charge in [0.1, 0.15) is 6.04 Å². The summed E-state index contributed by atoms with van der Waals surface area (Å²) in [7, 11) is 0. The number of hydrogen-bond acceptors (Lipinski definition) is 6. The lowest BCUT2D eigenvalue weighted by Gasteiger charge is -2.31. The predicted molar refractivity (Wildman–Crippen MR) is 128 cm³/mol. The van der Waals surface area contributed by atoms with E-state index in [9.17, 15) is 19.5 Å². The molecular formula is C26H33N3O5. The molecule has 3 rings (SSSR count). The van der Waals surface area contributed by atoms with E-state index in [4.69, 9.17) is 4.84 Å². The number of carbonyl (C=O) groups excluding carboxylic acids is 3. The first kappa shape index (κ1) is 25.4. The topological polar surface area (TPSA) is 108 Å². The molecule has 1 saturated heterocycles. The van der Waals surface area contributed by atoms with E-state index >= 15 is 0 Å². The van der Waals surface area contributed by atoms with E-state index in [2.05, 4.69) is 10.8 Å². The Hall–Kier alpha value is -3.23. The third-order valence-electron chi connectivity index (χ3n) is 5.58. The number of likely N-dealkylation sites (tertiary alicyclic amines) is 1. The Morgan fingerprint density at radius 1 is 1.06 bits per heavy atom. The molecule has 3 atom stereocenters. The highest BCUT2D eigenvalue weighted by atomic mass is 16.7. The van der Waals surface area contributed by atoms with E-state index in [1.807, 2.05) is 51.1 Å². The maximum Gasteiger partial charge on any atom is 0.356 e. The predicted octanol–water partition coefficient (Wildman–Crippen LogP) is 2.23. The minimum Gasteiger partial charge on any atom is -0.381 e. The number of amides is 2. The fraction of sp³-hybridized carbons (Fsp3) is 0.423. The van der Waals surface area contributed by atoms with Gasteiger partial charge in [0, 0.05) is 12.1 Å². The SMILES string of the molecule is CC(C)(C)NC(=O)C1CCCN1C(=O)C(O)C(Cc1ccccc1)NOC(=O)c1ccccc1. The van der Waals surface area contributed by atoms with Crippen molar-refractivity contribution < 1.29 is 24.3 Å². The average Bonchev–Trinajstić information content (AvgIpc) is 3.31. The molecule has 0 spiro atoms. The van der Waals surface area contributed by atoms with Gasteiger partial charge < -0.3 is 20.2 Å². The fourth-order valence-corrected chi connectivity index (χ4v) is 3.95. The van der Waals surface area contributed by atoms with Gasteiger partial charge in [-0.05, 0) is 57.7 Å². The Balaban J connectivity index is 1.74. The van der Waals surface area contributed by atoms with Crippen LogP contribution in [0.25, 0.3) is 0 Å². The highest BCUT2D eigenvalue weighted by molar-refractivity contribution is 5.91. The molecule has 2 aromatic rings. The van der Waals surface area contributed by atoms with Gasteiger partial charge in [0.15, 0.2) is 6.10 Å². The van der Waals surface area contributed by atoms with Gasteiger partial charge in [0.25, 0.3) is 5.91 Å². The molecule has 1 aliphatic rings. The van der Waals surface area contributed by atoms with Crippen LogP contribution < -0.4 is 10.8 Å². The summed E-state index contributed by atoms with van der Waals surface area (Å²) in [5.74, 6) is -1.44. The number of aliphatic hydroxyl groups is 1. The normalized spacial score (nSPS) is 17.6. The van der Waals surface area contributed by atoms with Crippen molar-refractivity contribution in [3.63, 3.8) is 0 Å². The largest absolute Gasteiger partial charge is 0.381 e. The molecule has 0 aromatic heterocycles. The minimum absolute atomic E-state index is 0.239. The van der Waals surface area contributed by atoms with Gasteiger partial charge in [-0.15, -0.1) is 5.48 Å². The van der Waals surface area contributed by atoms with Gasteiger partial charge in [0.2, 0.25) is 5.91 Å². The lowest BCUT2D eigenvalue weighted by atomic mass is 10.0. The first-order valence-corrected chi connectivity index (χ1v) is 11.5. The Kier molecular flexibility index (Phi) is 8.41. The number of nitrogens with zero attached hydrogens (tertiary/aromatic N) is 1. The van der Waals surface area contributed by atoms with Crippen LogP contribution in [0.4, 0.5) is 0 Å². The van der Waals surface area contributed by atoms with Crippen LogP contribution in [-0.2, 0) is 20.8 Å². The third kappa shape index (κ3) is 6.88. The van der Waals surface area contributed by atoms with Crippen molar-refractivity contribution in [1.29, 1.82) is 0 Å². The lowest BCUT2D eigenvalue weighted by molar-refractivity contribution is -0.148. The monoisotopic (exact) mass is 467 g/mol. The van der Waals surface area contributed by atoms with Crippen LogP contribution in [-0.4, -0.2) is 58.1 Å². The van der Waals surface area contributed by atoms with Crippen LogP contribution >= 0.6 is 0 Å². The van der Waals surface area contributed by atoms with Gasteiger partial charge in [-0.1, -0.05) is 48.5 Å². The van der Waals surface area contributed by atoms with Gasteiger partial charge in [-0.2, -0.15) is 0 Å². The van der Waals surface area contributed by atoms with E-state index < -0.39 is 35.6 Å². The maximum atomic E-state index is 13.3. The summed E-state index contributed by atoms with van der Waals surface area (Å²) in [6.45, 7) is 6.01. The molecule has 182 valence electrons. The highest BCUT2D eigenvalue weighted by Crippen LogP contribution is 2.21. The highest BCUT2D eigenvalue weighted by Gasteiger charge is 2.40. The van der Waals surface area contributed by atoms with Crippen molar-refractivity contribution in [2.75, 3.05) is 6.54 Å². The molecule has 2 aromatic carbocycles. The summed E-state index contributed by atoms with van der Waals surface area (Å²) < 4.78 is 0. The molecule has 1 fully saturated rings. The standard InChI is InChI=1S/C26H33N3O5/c1-26(2,3)27-23(31)21-15-10-16-29(21)24(32)22(30)20(17-18-11-6-4-7-12-18)28-34-25(33)19-13-8-5-9-14-19/h4-9,11-14,20-22,28,30H,10,15-17H2,1-3H3,(H,27,31). The summed E-state index contributed by atoms with van der Waals surface area (Å²) in [5, 5.41) is 14.0. The molecule has 1 aliphatic heterocycles. The molecule has 0 saturated carbocycles. The van der Waals surface area contributed by atoms with E-state index in [0.717, 1.165) is 5.56 Å². The molecule has 3 N–H and O–H groups in total. The minimum atomic E-state index is -1.52. The van der Waals surface area contributed by atoms with Crippen molar-refractivity contribution in [1.82, 2.24) is 15.7 Å². The zero-order chi connectivity index (χ0) is 24.7. The zero-order valence-corrected chi connectivity index (χ0v) is 19.9. The molecular weight excluding hydrogens is 434 g/mol. The number of hydrogen-bond donors (Lipinski definition) is 3. The third-order valence-corrected chi connectivity index (χ3v) is 5.58. The average molecular weight is 468 g/mol. The number of aliphatic hydroxyl groups excluding tert-OH is 1. The second-order valence-corrected chi connectivity index (χ2v) is 9.54. The number of carbonyl (C=O) groups is 3. The van der Waals surface area contributed by atoms with Crippen molar-refractivity contribution in [3.05, 3.63) is 71.8 Å². The Morgan fingerprint density at radius 2 is 1.68 bits per heavy atom.